The molecule has 2 aromatic carbocycles. The number of para-hydroxylation sites is 1. The second-order valence-electron chi connectivity index (χ2n) is 5.70. The third-order valence-corrected chi connectivity index (χ3v) is 5.01. The van der Waals surface area contributed by atoms with Gasteiger partial charge in [0.25, 0.3) is 5.91 Å². The molecule has 3 rings (SSSR count). The highest BCUT2D eigenvalue weighted by molar-refractivity contribution is 7.16. The van der Waals surface area contributed by atoms with Gasteiger partial charge in [-0.3, -0.25) is 4.79 Å². The molecular weight excluding hydrogens is 376 g/mol. The Kier molecular flexibility index (Phi) is 5.92. The number of aromatic nitrogens is 1. The number of carbonyl (C=O) groups excluding carboxylic acids is 2. The minimum atomic E-state index is -0.462. The van der Waals surface area contributed by atoms with Crippen LogP contribution < -0.4 is 9.54 Å². The van der Waals surface area contributed by atoms with Gasteiger partial charge in [0.2, 0.25) is 0 Å². The molecule has 0 aliphatic heterocycles. The van der Waals surface area contributed by atoms with E-state index in [1.165, 1.54) is 30.6 Å². The first-order valence-electron chi connectivity index (χ1n) is 8.55. The number of thiazole rings is 1. The van der Waals surface area contributed by atoms with Crippen LogP contribution in [0.3, 0.4) is 0 Å². The molecule has 0 saturated heterocycles. The summed E-state index contributed by atoms with van der Waals surface area (Å²) in [5.41, 5.74) is 1.55. The van der Waals surface area contributed by atoms with Crippen molar-refractivity contribution in [3.8, 4) is 18.1 Å². The van der Waals surface area contributed by atoms with Crippen LogP contribution in [0, 0.1) is 12.3 Å². The molecule has 0 unspecified atom stereocenters. The number of methoxy groups -OCH3 is 1. The highest BCUT2D eigenvalue weighted by atomic mass is 32.1. The van der Waals surface area contributed by atoms with Crippen molar-refractivity contribution < 1.29 is 19.1 Å². The number of nitrogens with zero attached hydrogens (tertiary/aromatic N) is 2. The van der Waals surface area contributed by atoms with Crippen molar-refractivity contribution in [3.05, 3.63) is 58.4 Å². The SMILES string of the molecule is C#CCn1c(=NC(=O)c2ccc(C(=O)OC)cc2)sc2cccc(OCC)c21. The van der Waals surface area contributed by atoms with E-state index in [-0.39, 0.29) is 6.54 Å². The van der Waals surface area contributed by atoms with Crippen molar-refractivity contribution in [1.82, 2.24) is 4.57 Å². The minimum absolute atomic E-state index is 0.261. The van der Waals surface area contributed by atoms with Gasteiger partial charge in [-0.05, 0) is 43.3 Å². The lowest BCUT2D eigenvalue weighted by molar-refractivity contribution is 0.0600. The Labute approximate surface area is 166 Å². The van der Waals surface area contributed by atoms with E-state index in [1.54, 1.807) is 16.7 Å². The molecule has 0 radical (unpaired) electrons. The van der Waals surface area contributed by atoms with Gasteiger partial charge in [0.05, 0.1) is 30.5 Å². The molecule has 0 aliphatic carbocycles. The Morgan fingerprint density at radius 2 is 1.89 bits per heavy atom. The maximum absolute atomic E-state index is 12.6. The fraction of sp³-hybridized carbons (Fsp3) is 0.190. The number of carbonyl (C=O) groups is 2. The lowest BCUT2D eigenvalue weighted by Gasteiger charge is -2.07. The number of ether oxygens (including phenoxy) is 2. The highest BCUT2D eigenvalue weighted by Crippen LogP contribution is 2.27. The number of hydrogen-bond acceptors (Lipinski definition) is 5. The Bertz CT molecular complexity index is 1130. The number of benzene rings is 2. The van der Waals surface area contributed by atoms with Crippen LogP contribution in [0.2, 0.25) is 0 Å². The van der Waals surface area contributed by atoms with Crippen molar-refractivity contribution in [3.63, 3.8) is 0 Å². The first kappa shape index (κ1) is 19.4. The van der Waals surface area contributed by atoms with Crippen LogP contribution >= 0.6 is 11.3 Å². The standard InChI is InChI=1S/C21H18N2O4S/c1-4-13-23-18-16(27-5-2)7-6-8-17(18)28-21(23)22-19(24)14-9-11-15(12-10-14)20(25)26-3/h1,6-12H,5,13H2,2-3H3. The van der Waals surface area contributed by atoms with E-state index in [2.05, 4.69) is 15.6 Å². The lowest BCUT2D eigenvalue weighted by atomic mass is 10.1. The molecule has 6 nitrogen and oxygen atoms in total. The largest absolute Gasteiger partial charge is 0.492 e. The van der Waals surface area contributed by atoms with E-state index in [1.807, 2.05) is 25.1 Å². The molecular formula is C21H18N2O4S. The van der Waals surface area contributed by atoms with Crippen LogP contribution in [0.15, 0.2) is 47.5 Å². The molecule has 0 fully saturated rings. The smallest absolute Gasteiger partial charge is 0.337 e. The molecule has 0 N–H and O–H groups in total. The zero-order valence-electron chi connectivity index (χ0n) is 15.5. The van der Waals surface area contributed by atoms with E-state index in [0.717, 1.165) is 10.2 Å². The predicted octanol–water partition coefficient (Wildman–Crippen LogP) is 3.26. The summed E-state index contributed by atoms with van der Waals surface area (Å²) in [6.45, 7) is 2.68. The normalized spacial score (nSPS) is 11.2. The van der Waals surface area contributed by atoms with Crippen LogP contribution in [-0.2, 0) is 11.3 Å². The molecule has 0 aliphatic rings. The quantitative estimate of drug-likeness (QED) is 0.492. The fourth-order valence-electron chi connectivity index (χ4n) is 2.71. The molecule has 1 heterocycles. The van der Waals surface area contributed by atoms with E-state index in [9.17, 15) is 9.59 Å². The van der Waals surface area contributed by atoms with Gasteiger partial charge in [0.1, 0.15) is 11.3 Å². The second kappa shape index (κ2) is 8.55. The summed E-state index contributed by atoms with van der Waals surface area (Å²) in [5, 5.41) is 0. The maximum Gasteiger partial charge on any atom is 0.337 e. The maximum atomic E-state index is 12.6. The third kappa shape index (κ3) is 3.82. The average molecular weight is 394 g/mol. The number of terminal acetylenes is 1. The summed E-state index contributed by atoms with van der Waals surface area (Å²) in [4.78, 5) is 28.9. The van der Waals surface area contributed by atoms with Gasteiger partial charge >= 0.3 is 5.97 Å². The fourth-order valence-corrected chi connectivity index (χ4v) is 3.76. The Morgan fingerprint density at radius 3 is 2.54 bits per heavy atom. The molecule has 3 aromatic rings. The molecule has 1 aromatic heterocycles. The monoisotopic (exact) mass is 394 g/mol. The average Bonchev–Trinajstić information content (AvgIpc) is 3.06. The lowest BCUT2D eigenvalue weighted by Crippen LogP contribution is -2.17. The van der Waals surface area contributed by atoms with Crippen LogP contribution in [0.5, 0.6) is 5.75 Å². The summed E-state index contributed by atoms with van der Waals surface area (Å²) < 4.78 is 13.1. The van der Waals surface area contributed by atoms with Gasteiger partial charge in [-0.25, -0.2) is 4.79 Å². The third-order valence-electron chi connectivity index (χ3n) is 3.96. The Balaban J connectivity index is 2.07. The highest BCUT2D eigenvalue weighted by Gasteiger charge is 2.13. The molecule has 142 valence electrons. The first-order chi connectivity index (χ1) is 13.6. The number of fused-ring (bicyclic) bond motifs is 1. The summed E-state index contributed by atoms with van der Waals surface area (Å²) in [5.74, 6) is 2.41. The van der Waals surface area contributed by atoms with E-state index in [0.29, 0.717) is 28.3 Å². The molecule has 0 spiro atoms. The van der Waals surface area contributed by atoms with E-state index in [4.69, 9.17) is 11.2 Å². The van der Waals surface area contributed by atoms with E-state index >= 15 is 0 Å². The van der Waals surface area contributed by atoms with E-state index < -0.39 is 11.9 Å². The molecule has 0 bridgehead atoms. The van der Waals surface area contributed by atoms with Crippen molar-refractivity contribution >= 4 is 33.4 Å². The second-order valence-corrected chi connectivity index (χ2v) is 6.71. The molecule has 1 amide bonds. The van der Waals surface area contributed by atoms with Crippen molar-refractivity contribution in [2.45, 2.75) is 13.5 Å². The topological polar surface area (TPSA) is 69.9 Å². The van der Waals surface area contributed by atoms with Crippen molar-refractivity contribution in [2.24, 2.45) is 4.99 Å². The van der Waals surface area contributed by atoms with Crippen molar-refractivity contribution in [1.29, 1.82) is 0 Å². The van der Waals surface area contributed by atoms with Gasteiger partial charge < -0.3 is 14.0 Å². The Hall–Kier alpha value is -3.37. The van der Waals surface area contributed by atoms with Gasteiger partial charge in [-0.2, -0.15) is 4.99 Å². The molecule has 0 saturated carbocycles. The van der Waals surface area contributed by atoms with Crippen LogP contribution in [0.4, 0.5) is 0 Å². The summed E-state index contributed by atoms with van der Waals surface area (Å²) in [6.07, 6.45) is 5.53. The minimum Gasteiger partial charge on any atom is -0.492 e. The number of rotatable bonds is 5. The van der Waals surface area contributed by atoms with Crippen LogP contribution in [0.1, 0.15) is 27.6 Å². The molecule has 0 atom stereocenters. The summed E-state index contributed by atoms with van der Waals surface area (Å²) >= 11 is 1.36. The van der Waals surface area contributed by atoms with Gasteiger partial charge in [0.15, 0.2) is 4.80 Å². The first-order valence-corrected chi connectivity index (χ1v) is 9.36. The van der Waals surface area contributed by atoms with Crippen molar-refractivity contribution in [2.75, 3.05) is 13.7 Å². The van der Waals surface area contributed by atoms with Gasteiger partial charge in [-0.15, -0.1) is 6.42 Å². The molecule has 28 heavy (non-hydrogen) atoms. The number of amides is 1. The van der Waals surface area contributed by atoms with Crippen LogP contribution in [0.25, 0.3) is 10.2 Å². The predicted molar refractivity (Wildman–Crippen MR) is 107 cm³/mol. The zero-order valence-corrected chi connectivity index (χ0v) is 16.3. The molecule has 7 heteroatoms. The van der Waals surface area contributed by atoms with Gasteiger partial charge in [0, 0.05) is 5.56 Å². The number of esters is 1. The summed E-state index contributed by atoms with van der Waals surface area (Å²) in [7, 11) is 1.30. The number of hydrogen-bond donors (Lipinski definition) is 0. The van der Waals surface area contributed by atoms with Gasteiger partial charge in [-0.1, -0.05) is 23.3 Å². The zero-order chi connectivity index (χ0) is 20.1. The van der Waals surface area contributed by atoms with Crippen LogP contribution in [-0.4, -0.2) is 30.2 Å². The Morgan fingerprint density at radius 1 is 1.18 bits per heavy atom. The summed E-state index contributed by atoms with van der Waals surface area (Å²) in [6, 6.07) is 11.8.